The van der Waals surface area contributed by atoms with Crippen LogP contribution in [-0.2, 0) is 9.47 Å². The van der Waals surface area contributed by atoms with E-state index in [1.165, 1.54) is 12.8 Å². The summed E-state index contributed by atoms with van der Waals surface area (Å²) in [7, 11) is 0. The quantitative estimate of drug-likeness (QED) is 0.769. The molecule has 24 heavy (non-hydrogen) atoms. The Morgan fingerprint density at radius 2 is 2.00 bits per heavy atom. The van der Waals surface area contributed by atoms with Crippen LogP contribution in [0.1, 0.15) is 52.4 Å². The van der Waals surface area contributed by atoms with Gasteiger partial charge in [0.1, 0.15) is 0 Å². The van der Waals surface area contributed by atoms with E-state index < -0.39 is 22.2 Å². The SMILES string of the molecule is CCCC1CCC2(CC1)[C@]1(C#N)[C@@]3([NH+]=C(N)[C@]21C#N)OC[C@H](C)O3. The lowest BCUT2D eigenvalue weighted by Crippen LogP contribution is -2.90. The van der Waals surface area contributed by atoms with Crippen LogP contribution in [-0.4, -0.2) is 24.5 Å². The van der Waals surface area contributed by atoms with E-state index in [1.54, 1.807) is 0 Å². The van der Waals surface area contributed by atoms with E-state index >= 15 is 0 Å². The highest BCUT2D eigenvalue weighted by molar-refractivity contribution is 5.95. The largest absolute Gasteiger partial charge is 0.343 e. The van der Waals surface area contributed by atoms with E-state index in [4.69, 9.17) is 15.2 Å². The highest BCUT2D eigenvalue weighted by Crippen LogP contribution is 2.86. The summed E-state index contributed by atoms with van der Waals surface area (Å²) in [6, 6.07) is 4.88. The van der Waals surface area contributed by atoms with E-state index in [-0.39, 0.29) is 6.10 Å². The molecular weight excluding hydrogens is 304 g/mol. The zero-order chi connectivity index (χ0) is 17.2. The van der Waals surface area contributed by atoms with Gasteiger partial charge >= 0.3 is 5.91 Å². The summed E-state index contributed by atoms with van der Waals surface area (Å²) in [5, 5.41) is 20.3. The molecule has 6 nitrogen and oxygen atoms in total. The molecule has 4 atom stereocenters. The van der Waals surface area contributed by atoms with Crippen LogP contribution in [0.15, 0.2) is 0 Å². The maximum atomic E-state index is 10.2. The Morgan fingerprint density at radius 3 is 2.50 bits per heavy atom. The van der Waals surface area contributed by atoms with E-state index in [9.17, 15) is 10.5 Å². The van der Waals surface area contributed by atoms with Crippen LogP contribution in [0.2, 0.25) is 0 Å². The van der Waals surface area contributed by atoms with E-state index in [0.717, 1.165) is 25.7 Å². The Kier molecular flexibility index (Phi) is 3.12. The van der Waals surface area contributed by atoms with Gasteiger partial charge < -0.3 is 9.47 Å². The number of nitrogens with zero attached hydrogens (tertiary/aromatic N) is 2. The van der Waals surface area contributed by atoms with Crippen molar-refractivity contribution in [1.82, 2.24) is 0 Å². The summed E-state index contributed by atoms with van der Waals surface area (Å²) in [5.74, 6) is -0.226. The fourth-order valence-electron chi connectivity index (χ4n) is 6.06. The Balaban J connectivity index is 1.77. The van der Waals surface area contributed by atoms with Gasteiger partial charge in [-0.25, -0.2) is 4.99 Å². The number of rotatable bonds is 2. The second-order valence-corrected chi connectivity index (χ2v) is 7.93. The third kappa shape index (κ3) is 1.35. The Hall–Kier alpha value is -1.63. The van der Waals surface area contributed by atoms with Gasteiger partial charge in [0.15, 0.2) is 10.8 Å². The Bertz CT molecular complexity index is 684. The van der Waals surface area contributed by atoms with E-state index in [1.807, 2.05) is 6.92 Å². The molecule has 0 aromatic carbocycles. The molecule has 4 aliphatic rings. The minimum absolute atomic E-state index is 0.126. The second kappa shape index (κ2) is 4.71. The van der Waals surface area contributed by atoms with Crippen molar-refractivity contribution in [3.8, 4) is 12.1 Å². The zero-order valence-corrected chi connectivity index (χ0v) is 14.4. The smallest absolute Gasteiger partial charge is 0.311 e. The summed E-state index contributed by atoms with van der Waals surface area (Å²) in [6.45, 7) is 4.52. The van der Waals surface area contributed by atoms with Gasteiger partial charge in [0.05, 0.1) is 24.8 Å². The zero-order valence-electron chi connectivity index (χ0n) is 14.4. The van der Waals surface area contributed by atoms with Gasteiger partial charge in [-0.1, -0.05) is 19.8 Å². The van der Waals surface area contributed by atoms with Crippen molar-refractivity contribution < 1.29 is 14.5 Å². The lowest BCUT2D eigenvalue weighted by Gasteiger charge is -2.34. The fourth-order valence-corrected chi connectivity index (χ4v) is 6.06. The number of nitrogens with two attached hydrogens (primary N) is 1. The predicted octanol–water partition coefficient (Wildman–Crippen LogP) is 0.537. The Morgan fingerprint density at radius 1 is 1.29 bits per heavy atom. The molecule has 3 fully saturated rings. The molecule has 0 radical (unpaired) electrons. The highest BCUT2D eigenvalue weighted by Gasteiger charge is 3.03. The first kappa shape index (κ1) is 15.9. The maximum Gasteiger partial charge on any atom is 0.343 e. The summed E-state index contributed by atoms with van der Waals surface area (Å²) in [5.41, 5.74) is 3.79. The first-order chi connectivity index (χ1) is 11.5. The van der Waals surface area contributed by atoms with Crippen LogP contribution in [0.5, 0.6) is 0 Å². The Labute approximate surface area is 142 Å². The summed E-state index contributed by atoms with van der Waals surface area (Å²) < 4.78 is 12.0. The topological polar surface area (TPSA) is 106 Å². The van der Waals surface area contributed by atoms with Gasteiger partial charge in [-0.15, -0.1) is 0 Å². The van der Waals surface area contributed by atoms with E-state index in [2.05, 4.69) is 24.1 Å². The first-order valence-corrected chi connectivity index (χ1v) is 9.04. The molecule has 0 aromatic heterocycles. The number of ether oxygens (including phenoxy) is 2. The van der Waals surface area contributed by atoms with Crippen molar-refractivity contribution in [1.29, 1.82) is 10.5 Å². The molecule has 2 spiro atoms. The third-order valence-corrected chi connectivity index (χ3v) is 7.01. The molecule has 2 heterocycles. The minimum Gasteiger partial charge on any atom is -0.311 e. The normalized spacial score (nSPS) is 51.9. The average Bonchev–Trinajstić information content (AvgIpc) is 2.75. The molecule has 0 bridgehead atoms. The summed E-state index contributed by atoms with van der Waals surface area (Å²) >= 11 is 0. The van der Waals surface area contributed by atoms with Crippen molar-refractivity contribution in [2.45, 2.75) is 64.4 Å². The third-order valence-electron chi connectivity index (χ3n) is 7.01. The predicted molar refractivity (Wildman–Crippen MR) is 84.8 cm³/mol. The molecular formula is C18H25N4O2+. The van der Waals surface area contributed by atoms with Crippen LogP contribution in [0.25, 0.3) is 0 Å². The number of nitriles is 2. The fraction of sp³-hybridized carbons (Fsp3) is 0.833. The molecule has 0 aromatic rings. The van der Waals surface area contributed by atoms with Crippen LogP contribution in [0.4, 0.5) is 0 Å². The van der Waals surface area contributed by atoms with Gasteiger partial charge in [0, 0.05) is 5.41 Å². The number of hydrogen-bond acceptors (Lipinski definition) is 5. The van der Waals surface area contributed by atoms with Crippen LogP contribution >= 0.6 is 0 Å². The lowest BCUT2D eigenvalue weighted by atomic mass is 9.71. The van der Waals surface area contributed by atoms with Crippen molar-refractivity contribution in [3.63, 3.8) is 0 Å². The lowest BCUT2D eigenvalue weighted by molar-refractivity contribution is -0.680. The molecule has 3 N–H and O–H groups in total. The van der Waals surface area contributed by atoms with Crippen molar-refractivity contribution in [2.24, 2.45) is 27.9 Å². The number of fused-ring (bicyclic) bond motifs is 4. The van der Waals surface area contributed by atoms with Crippen molar-refractivity contribution >= 4 is 5.84 Å². The molecule has 128 valence electrons. The van der Waals surface area contributed by atoms with Crippen molar-refractivity contribution in [2.75, 3.05) is 6.61 Å². The average molecular weight is 329 g/mol. The van der Waals surface area contributed by atoms with E-state index in [0.29, 0.717) is 18.4 Å². The highest BCUT2D eigenvalue weighted by atomic mass is 16.8. The van der Waals surface area contributed by atoms with Crippen LogP contribution in [0.3, 0.4) is 0 Å². The molecule has 2 aliphatic heterocycles. The number of nitrogens with one attached hydrogen (secondary N) is 1. The number of hydrogen-bond donors (Lipinski definition) is 2. The molecule has 4 rings (SSSR count). The first-order valence-electron chi connectivity index (χ1n) is 9.04. The van der Waals surface area contributed by atoms with Crippen LogP contribution < -0.4 is 10.7 Å². The summed E-state index contributed by atoms with van der Waals surface area (Å²) in [4.78, 5) is 3.06. The van der Waals surface area contributed by atoms with Gasteiger partial charge in [-0.3, -0.25) is 5.73 Å². The minimum atomic E-state index is -1.27. The monoisotopic (exact) mass is 329 g/mol. The maximum absolute atomic E-state index is 10.2. The standard InChI is InChI=1S/C18H24N4O2/c1-3-4-13-5-7-15(8-6-13)16(10-19)14(21)22-18(17(15,16)11-20)23-9-12(2)24-18/h12-13H,3-9H2,1-2H3,(H2,21,22)/p+1/t12-,13?,15?,16+,17-,18+/m0/s1. The molecule has 1 saturated heterocycles. The van der Waals surface area contributed by atoms with Gasteiger partial charge in [0.2, 0.25) is 0 Å². The van der Waals surface area contributed by atoms with Gasteiger partial charge in [-0.05, 0) is 38.5 Å². The van der Waals surface area contributed by atoms with Gasteiger partial charge in [0.25, 0.3) is 5.84 Å². The molecule has 2 saturated carbocycles. The molecule has 0 amide bonds. The van der Waals surface area contributed by atoms with Crippen LogP contribution in [0, 0.1) is 44.8 Å². The molecule has 6 heteroatoms. The number of amidine groups is 1. The summed E-state index contributed by atoms with van der Waals surface area (Å²) in [6.07, 6.45) is 6.02. The molecule has 0 unspecified atom stereocenters. The second-order valence-electron chi connectivity index (χ2n) is 7.93. The van der Waals surface area contributed by atoms with Crippen molar-refractivity contribution in [3.05, 3.63) is 0 Å². The van der Waals surface area contributed by atoms with Gasteiger partial charge in [-0.2, -0.15) is 10.5 Å². The molecule has 2 aliphatic carbocycles.